The van der Waals surface area contributed by atoms with Crippen LogP contribution in [-0.4, -0.2) is 30.9 Å². The molecule has 0 aromatic heterocycles. The Labute approximate surface area is 148 Å². The number of hydrogen-bond acceptors (Lipinski definition) is 5. The minimum Gasteiger partial charge on any atom is -0.504 e. The van der Waals surface area contributed by atoms with E-state index in [9.17, 15) is 9.90 Å². The maximum Gasteiger partial charge on any atom is 0.275 e. The molecule has 24 heavy (non-hydrogen) atoms. The maximum absolute atomic E-state index is 12.3. The van der Waals surface area contributed by atoms with Gasteiger partial charge in [-0.25, -0.2) is 5.43 Å². The lowest BCUT2D eigenvalue weighted by molar-refractivity contribution is 0.0951. The van der Waals surface area contributed by atoms with Crippen molar-refractivity contribution < 1.29 is 19.4 Å². The van der Waals surface area contributed by atoms with Crippen molar-refractivity contribution in [3.63, 3.8) is 0 Å². The Hall–Kier alpha value is -2.54. The van der Waals surface area contributed by atoms with Gasteiger partial charge in [0.1, 0.15) is 5.75 Å². The van der Waals surface area contributed by atoms with Crippen LogP contribution in [0.3, 0.4) is 0 Å². The van der Waals surface area contributed by atoms with E-state index in [0.717, 1.165) is 4.47 Å². The third kappa shape index (κ3) is 4.48. The fourth-order valence-electron chi connectivity index (χ4n) is 1.96. The van der Waals surface area contributed by atoms with E-state index in [4.69, 9.17) is 9.47 Å². The number of aromatic hydroxyl groups is 1. The molecule has 7 heteroatoms. The summed E-state index contributed by atoms with van der Waals surface area (Å²) in [5.74, 6) is 0.464. The summed E-state index contributed by atoms with van der Waals surface area (Å²) >= 11 is 3.33. The van der Waals surface area contributed by atoms with E-state index in [1.807, 2.05) is 6.92 Å². The molecular weight excluding hydrogens is 376 g/mol. The smallest absolute Gasteiger partial charge is 0.275 e. The minimum atomic E-state index is -0.387. The number of phenols is 1. The maximum atomic E-state index is 12.3. The zero-order chi connectivity index (χ0) is 17.5. The zero-order valence-corrected chi connectivity index (χ0v) is 14.8. The number of hydrogen-bond donors (Lipinski definition) is 2. The van der Waals surface area contributed by atoms with E-state index in [0.29, 0.717) is 29.2 Å². The van der Waals surface area contributed by atoms with E-state index in [1.54, 1.807) is 30.3 Å². The molecule has 2 aromatic rings. The molecule has 0 radical (unpaired) electrons. The summed E-state index contributed by atoms with van der Waals surface area (Å²) in [4.78, 5) is 12.3. The van der Waals surface area contributed by atoms with E-state index in [-0.39, 0.29) is 11.7 Å². The SMILES string of the molecule is CCOc1ccc(Br)cc1C(=O)N/N=C/c1ccc(O)c(OC)c1. The predicted molar refractivity (Wildman–Crippen MR) is 95.0 cm³/mol. The summed E-state index contributed by atoms with van der Waals surface area (Å²) in [6.45, 7) is 2.30. The Morgan fingerprint density at radius 3 is 2.79 bits per heavy atom. The van der Waals surface area contributed by atoms with Gasteiger partial charge in [-0.05, 0) is 48.9 Å². The largest absolute Gasteiger partial charge is 0.504 e. The van der Waals surface area contributed by atoms with Gasteiger partial charge in [-0.15, -0.1) is 0 Å². The zero-order valence-electron chi connectivity index (χ0n) is 13.2. The first-order valence-corrected chi connectivity index (χ1v) is 7.97. The Morgan fingerprint density at radius 2 is 2.08 bits per heavy atom. The molecule has 0 heterocycles. The first-order chi connectivity index (χ1) is 11.5. The Balaban J connectivity index is 2.12. The first-order valence-electron chi connectivity index (χ1n) is 7.18. The summed E-state index contributed by atoms with van der Waals surface area (Å²) in [6, 6.07) is 9.93. The van der Waals surface area contributed by atoms with Crippen molar-refractivity contribution in [1.29, 1.82) is 0 Å². The Bertz CT molecular complexity index is 762. The van der Waals surface area contributed by atoms with Crippen molar-refractivity contribution in [2.24, 2.45) is 5.10 Å². The lowest BCUT2D eigenvalue weighted by Gasteiger charge is -2.09. The number of nitrogens with one attached hydrogen (secondary N) is 1. The van der Waals surface area contributed by atoms with Crippen LogP contribution >= 0.6 is 15.9 Å². The Kier molecular flexibility index (Phi) is 6.20. The highest BCUT2D eigenvalue weighted by Gasteiger charge is 2.12. The van der Waals surface area contributed by atoms with Crippen LogP contribution in [0.25, 0.3) is 0 Å². The predicted octanol–water partition coefficient (Wildman–Crippen LogP) is 3.33. The van der Waals surface area contributed by atoms with Gasteiger partial charge in [-0.2, -0.15) is 5.10 Å². The van der Waals surface area contributed by atoms with Crippen LogP contribution in [0.4, 0.5) is 0 Å². The molecule has 0 atom stereocenters. The minimum absolute atomic E-state index is 0.0363. The summed E-state index contributed by atoms with van der Waals surface area (Å²) in [6.07, 6.45) is 1.46. The lowest BCUT2D eigenvalue weighted by atomic mass is 10.2. The molecule has 0 aliphatic heterocycles. The van der Waals surface area contributed by atoms with Crippen molar-refractivity contribution in [2.45, 2.75) is 6.92 Å². The highest BCUT2D eigenvalue weighted by Crippen LogP contribution is 2.25. The van der Waals surface area contributed by atoms with E-state index < -0.39 is 0 Å². The molecule has 126 valence electrons. The van der Waals surface area contributed by atoms with Gasteiger partial charge in [0.05, 0.1) is 25.5 Å². The molecule has 0 bridgehead atoms. The number of benzene rings is 2. The number of hydrazone groups is 1. The van der Waals surface area contributed by atoms with E-state index >= 15 is 0 Å². The van der Waals surface area contributed by atoms with Crippen LogP contribution in [0, 0.1) is 0 Å². The summed E-state index contributed by atoms with van der Waals surface area (Å²) < 4.78 is 11.2. The number of carbonyl (C=O) groups excluding carboxylic acids is 1. The number of amides is 1. The number of phenolic OH excluding ortho intramolecular Hbond substituents is 1. The summed E-state index contributed by atoms with van der Waals surface area (Å²) in [7, 11) is 1.46. The molecule has 0 spiro atoms. The average molecular weight is 393 g/mol. The van der Waals surface area contributed by atoms with Crippen molar-refractivity contribution in [1.82, 2.24) is 5.43 Å². The molecule has 2 rings (SSSR count). The number of nitrogens with zero attached hydrogens (tertiary/aromatic N) is 1. The monoisotopic (exact) mass is 392 g/mol. The van der Waals surface area contributed by atoms with Gasteiger partial charge >= 0.3 is 0 Å². The fourth-order valence-corrected chi connectivity index (χ4v) is 2.32. The lowest BCUT2D eigenvalue weighted by Crippen LogP contribution is -2.18. The molecular formula is C17H17BrN2O4. The van der Waals surface area contributed by atoms with Crippen molar-refractivity contribution in [3.8, 4) is 17.2 Å². The second-order valence-corrected chi connectivity index (χ2v) is 5.62. The van der Waals surface area contributed by atoms with Gasteiger partial charge in [0.15, 0.2) is 11.5 Å². The molecule has 2 aromatic carbocycles. The highest BCUT2D eigenvalue weighted by molar-refractivity contribution is 9.10. The molecule has 0 saturated heterocycles. The number of carbonyl (C=O) groups is 1. The number of methoxy groups -OCH3 is 1. The van der Waals surface area contributed by atoms with Crippen molar-refractivity contribution in [3.05, 3.63) is 52.0 Å². The topological polar surface area (TPSA) is 80.2 Å². The van der Waals surface area contributed by atoms with Crippen LogP contribution in [0.2, 0.25) is 0 Å². The highest BCUT2D eigenvalue weighted by atomic mass is 79.9. The van der Waals surface area contributed by atoms with Crippen molar-refractivity contribution in [2.75, 3.05) is 13.7 Å². The van der Waals surface area contributed by atoms with Crippen molar-refractivity contribution >= 4 is 28.1 Å². The standard InChI is InChI=1S/C17H17BrN2O4/c1-3-24-15-7-5-12(18)9-13(15)17(22)20-19-10-11-4-6-14(21)16(8-11)23-2/h4-10,21H,3H2,1-2H3,(H,20,22)/b19-10+. The molecule has 0 aliphatic rings. The first kappa shape index (κ1) is 17.8. The van der Waals surface area contributed by atoms with Gasteiger partial charge in [0.2, 0.25) is 0 Å². The van der Waals surface area contributed by atoms with Crippen LogP contribution in [0.15, 0.2) is 46.0 Å². The van der Waals surface area contributed by atoms with Crippen LogP contribution in [0.1, 0.15) is 22.8 Å². The summed E-state index contributed by atoms with van der Waals surface area (Å²) in [5.41, 5.74) is 3.50. The molecule has 6 nitrogen and oxygen atoms in total. The van der Waals surface area contributed by atoms with Crippen LogP contribution < -0.4 is 14.9 Å². The van der Waals surface area contributed by atoms with E-state index in [2.05, 4.69) is 26.5 Å². The molecule has 1 amide bonds. The van der Waals surface area contributed by atoms with Gasteiger partial charge < -0.3 is 14.6 Å². The third-order valence-corrected chi connectivity index (χ3v) is 3.56. The summed E-state index contributed by atoms with van der Waals surface area (Å²) in [5, 5.41) is 13.5. The molecule has 0 saturated carbocycles. The average Bonchev–Trinajstić information content (AvgIpc) is 2.58. The fraction of sp³-hybridized carbons (Fsp3) is 0.176. The normalized spacial score (nSPS) is 10.6. The number of halogens is 1. The van der Waals surface area contributed by atoms with Gasteiger partial charge in [-0.1, -0.05) is 15.9 Å². The number of rotatable bonds is 6. The van der Waals surface area contributed by atoms with E-state index in [1.165, 1.54) is 19.4 Å². The molecule has 0 fully saturated rings. The molecule has 0 aliphatic carbocycles. The van der Waals surface area contributed by atoms with Crippen LogP contribution in [0.5, 0.6) is 17.2 Å². The molecule has 2 N–H and O–H groups in total. The van der Waals surface area contributed by atoms with Crippen LogP contribution in [-0.2, 0) is 0 Å². The van der Waals surface area contributed by atoms with Gasteiger partial charge in [-0.3, -0.25) is 4.79 Å². The van der Waals surface area contributed by atoms with Gasteiger partial charge in [0.25, 0.3) is 5.91 Å². The quantitative estimate of drug-likeness (QED) is 0.583. The van der Waals surface area contributed by atoms with Gasteiger partial charge in [0, 0.05) is 4.47 Å². The second-order valence-electron chi connectivity index (χ2n) is 4.70. The third-order valence-electron chi connectivity index (χ3n) is 3.07. The number of ether oxygens (including phenoxy) is 2. The second kappa shape index (κ2) is 8.35. The molecule has 0 unspecified atom stereocenters. The Morgan fingerprint density at radius 1 is 1.29 bits per heavy atom.